The van der Waals surface area contributed by atoms with Crippen LogP contribution in [0.4, 0.5) is 0 Å². The Kier molecular flexibility index (Phi) is 8.73. The van der Waals surface area contributed by atoms with Crippen LogP contribution in [0.3, 0.4) is 0 Å². The highest BCUT2D eigenvalue weighted by molar-refractivity contribution is 5.05. The molecule has 1 N–H and O–H groups in total. The summed E-state index contributed by atoms with van der Waals surface area (Å²) in [5, 5.41) is 3.47. The molecule has 0 saturated carbocycles. The summed E-state index contributed by atoms with van der Waals surface area (Å²) in [5.41, 5.74) is 1.49. The zero-order chi connectivity index (χ0) is 11.7. The van der Waals surface area contributed by atoms with Crippen molar-refractivity contribution in [2.24, 2.45) is 11.8 Å². The summed E-state index contributed by atoms with van der Waals surface area (Å²) in [7, 11) is 1.76. The molecular formula is C13H27NO. The van der Waals surface area contributed by atoms with Crippen molar-refractivity contribution in [1.29, 1.82) is 0 Å². The normalized spacial score (nSPS) is 14.7. The largest absolute Gasteiger partial charge is 0.384 e. The van der Waals surface area contributed by atoms with Crippen LogP contribution in [0.1, 0.15) is 34.1 Å². The van der Waals surface area contributed by atoms with Crippen LogP contribution in [0, 0.1) is 11.8 Å². The third kappa shape index (κ3) is 8.64. The number of hydrogen-bond acceptors (Lipinski definition) is 2. The smallest absolute Gasteiger partial charge is 0.0522 e. The zero-order valence-electron chi connectivity index (χ0n) is 11.0. The van der Waals surface area contributed by atoms with Crippen molar-refractivity contribution in [2.45, 2.75) is 34.1 Å². The molecule has 0 fully saturated rings. The van der Waals surface area contributed by atoms with E-state index in [2.05, 4.69) is 39.1 Å². The molecule has 1 unspecified atom stereocenters. The Hall–Kier alpha value is -0.340. The van der Waals surface area contributed by atoms with Crippen molar-refractivity contribution in [3.05, 3.63) is 11.6 Å². The highest BCUT2D eigenvalue weighted by atomic mass is 16.5. The van der Waals surface area contributed by atoms with Gasteiger partial charge in [-0.05, 0) is 24.8 Å². The van der Waals surface area contributed by atoms with Gasteiger partial charge in [0.25, 0.3) is 0 Å². The minimum Gasteiger partial charge on any atom is -0.384 e. The Morgan fingerprint density at radius 1 is 1.33 bits per heavy atom. The molecule has 0 aliphatic heterocycles. The van der Waals surface area contributed by atoms with Gasteiger partial charge in [-0.3, -0.25) is 0 Å². The Bertz CT molecular complexity index is 175. The first-order chi connectivity index (χ1) is 7.10. The Labute approximate surface area is 95.1 Å². The molecule has 2 nitrogen and oxygen atoms in total. The number of hydrogen-bond donors (Lipinski definition) is 1. The highest BCUT2D eigenvalue weighted by Gasteiger charge is 2.01. The molecule has 0 radical (unpaired) electrons. The maximum atomic E-state index is 5.13. The lowest BCUT2D eigenvalue weighted by molar-refractivity contribution is 0.175. The maximum Gasteiger partial charge on any atom is 0.0522 e. The fraction of sp³-hybridized carbons (Fsp3) is 0.846. The van der Waals surface area contributed by atoms with Crippen molar-refractivity contribution < 1.29 is 4.74 Å². The standard InChI is InChI=1S/C13H27NO/c1-6-13(7-12(4)10-15-5)9-14-8-11(2)3/h7,11-12,14H,6,8-10H2,1-5H3. The molecule has 0 aliphatic carbocycles. The molecule has 0 aromatic rings. The molecule has 90 valence electrons. The third-order valence-corrected chi connectivity index (χ3v) is 2.31. The summed E-state index contributed by atoms with van der Waals surface area (Å²) in [5.74, 6) is 1.24. The minimum atomic E-state index is 0.519. The topological polar surface area (TPSA) is 21.3 Å². The highest BCUT2D eigenvalue weighted by Crippen LogP contribution is 2.06. The van der Waals surface area contributed by atoms with Crippen molar-refractivity contribution >= 4 is 0 Å². The fourth-order valence-corrected chi connectivity index (χ4v) is 1.54. The Morgan fingerprint density at radius 3 is 2.47 bits per heavy atom. The second-order valence-electron chi connectivity index (χ2n) is 4.64. The summed E-state index contributed by atoms with van der Waals surface area (Å²) in [6.07, 6.45) is 3.45. The fourth-order valence-electron chi connectivity index (χ4n) is 1.54. The molecule has 0 heterocycles. The van der Waals surface area contributed by atoms with Gasteiger partial charge in [-0.25, -0.2) is 0 Å². The lowest BCUT2D eigenvalue weighted by Gasteiger charge is -2.12. The first-order valence-corrected chi connectivity index (χ1v) is 5.99. The quantitative estimate of drug-likeness (QED) is 0.626. The number of methoxy groups -OCH3 is 1. The second-order valence-corrected chi connectivity index (χ2v) is 4.64. The van der Waals surface area contributed by atoms with Crippen LogP contribution in [-0.2, 0) is 4.74 Å². The van der Waals surface area contributed by atoms with Crippen LogP contribution in [-0.4, -0.2) is 26.8 Å². The first-order valence-electron chi connectivity index (χ1n) is 5.99. The van der Waals surface area contributed by atoms with Gasteiger partial charge in [0.1, 0.15) is 0 Å². The molecule has 0 aliphatic rings. The summed E-state index contributed by atoms with van der Waals surface area (Å²) >= 11 is 0. The molecule has 0 aromatic heterocycles. The van der Waals surface area contributed by atoms with Crippen LogP contribution < -0.4 is 5.32 Å². The zero-order valence-corrected chi connectivity index (χ0v) is 11.0. The molecule has 0 spiro atoms. The van der Waals surface area contributed by atoms with E-state index in [-0.39, 0.29) is 0 Å². The summed E-state index contributed by atoms with van der Waals surface area (Å²) in [4.78, 5) is 0. The lowest BCUT2D eigenvalue weighted by atomic mass is 10.1. The third-order valence-electron chi connectivity index (χ3n) is 2.31. The average Bonchev–Trinajstić information content (AvgIpc) is 2.16. The first kappa shape index (κ1) is 14.7. The van der Waals surface area contributed by atoms with E-state index in [0.717, 1.165) is 32.0 Å². The van der Waals surface area contributed by atoms with E-state index >= 15 is 0 Å². The van der Waals surface area contributed by atoms with Gasteiger partial charge in [0, 0.05) is 13.7 Å². The summed E-state index contributed by atoms with van der Waals surface area (Å²) < 4.78 is 5.13. The number of nitrogens with one attached hydrogen (secondary N) is 1. The van der Waals surface area contributed by atoms with Crippen LogP contribution in [0.25, 0.3) is 0 Å². The molecule has 2 heteroatoms. The summed E-state index contributed by atoms with van der Waals surface area (Å²) in [6, 6.07) is 0. The van der Waals surface area contributed by atoms with Gasteiger partial charge in [0.05, 0.1) is 6.61 Å². The number of rotatable bonds is 8. The van der Waals surface area contributed by atoms with E-state index in [9.17, 15) is 0 Å². The minimum absolute atomic E-state index is 0.519. The van der Waals surface area contributed by atoms with Crippen molar-refractivity contribution in [2.75, 3.05) is 26.8 Å². The molecule has 0 amide bonds. The van der Waals surface area contributed by atoms with E-state index in [4.69, 9.17) is 4.74 Å². The van der Waals surface area contributed by atoms with E-state index < -0.39 is 0 Å². The van der Waals surface area contributed by atoms with E-state index in [1.165, 1.54) is 5.57 Å². The molecule has 0 aromatic carbocycles. The maximum absolute atomic E-state index is 5.13. The van der Waals surface area contributed by atoms with Gasteiger partial charge in [-0.1, -0.05) is 39.3 Å². The predicted molar refractivity (Wildman–Crippen MR) is 67.1 cm³/mol. The van der Waals surface area contributed by atoms with Crippen molar-refractivity contribution in [3.63, 3.8) is 0 Å². The molecule has 0 rings (SSSR count). The van der Waals surface area contributed by atoms with Crippen molar-refractivity contribution in [1.82, 2.24) is 5.32 Å². The van der Waals surface area contributed by atoms with E-state index in [1.807, 2.05) is 0 Å². The van der Waals surface area contributed by atoms with Crippen LogP contribution in [0.15, 0.2) is 11.6 Å². The Balaban J connectivity index is 3.89. The lowest BCUT2D eigenvalue weighted by Crippen LogP contribution is -2.22. The molecular weight excluding hydrogens is 186 g/mol. The van der Waals surface area contributed by atoms with Gasteiger partial charge in [0.15, 0.2) is 0 Å². The van der Waals surface area contributed by atoms with Gasteiger partial charge in [0.2, 0.25) is 0 Å². The van der Waals surface area contributed by atoms with Crippen LogP contribution >= 0.6 is 0 Å². The van der Waals surface area contributed by atoms with E-state index in [1.54, 1.807) is 7.11 Å². The van der Waals surface area contributed by atoms with Crippen molar-refractivity contribution in [3.8, 4) is 0 Å². The summed E-state index contributed by atoms with van der Waals surface area (Å²) in [6.45, 7) is 11.8. The van der Waals surface area contributed by atoms with Gasteiger partial charge >= 0.3 is 0 Å². The van der Waals surface area contributed by atoms with Crippen LogP contribution in [0.5, 0.6) is 0 Å². The van der Waals surface area contributed by atoms with Gasteiger partial charge < -0.3 is 10.1 Å². The second kappa shape index (κ2) is 8.93. The predicted octanol–water partition coefficient (Wildman–Crippen LogP) is 2.85. The number of ether oxygens (including phenoxy) is 1. The van der Waals surface area contributed by atoms with Crippen LogP contribution in [0.2, 0.25) is 0 Å². The average molecular weight is 213 g/mol. The molecule has 1 atom stereocenters. The molecule has 0 bridgehead atoms. The Morgan fingerprint density at radius 2 is 2.00 bits per heavy atom. The monoisotopic (exact) mass is 213 g/mol. The van der Waals surface area contributed by atoms with Gasteiger partial charge in [-0.2, -0.15) is 0 Å². The molecule has 0 saturated heterocycles. The molecule has 15 heavy (non-hydrogen) atoms. The SMILES string of the molecule is CCC(=CC(C)COC)CNCC(C)C. The van der Waals surface area contributed by atoms with E-state index in [0.29, 0.717) is 5.92 Å². The van der Waals surface area contributed by atoms with Gasteiger partial charge in [-0.15, -0.1) is 0 Å².